The molecule has 0 aliphatic carbocycles. The van der Waals surface area contributed by atoms with E-state index in [1.54, 1.807) is 23.5 Å². The van der Waals surface area contributed by atoms with Crippen molar-refractivity contribution in [3.63, 3.8) is 0 Å². The third-order valence-corrected chi connectivity index (χ3v) is 7.29. The Bertz CT molecular complexity index is 1350. The Hall–Kier alpha value is -3.36. The van der Waals surface area contributed by atoms with Crippen LogP contribution in [0.2, 0.25) is 0 Å². The molecule has 2 aromatic heterocycles. The Morgan fingerprint density at radius 2 is 1.97 bits per heavy atom. The van der Waals surface area contributed by atoms with Gasteiger partial charge in [-0.25, -0.2) is 14.8 Å². The molecule has 1 aliphatic heterocycles. The number of rotatable bonds is 7. The summed E-state index contributed by atoms with van der Waals surface area (Å²) >= 11 is 1.64. The number of aryl methyl sites for hydroxylation is 1. The Morgan fingerprint density at radius 3 is 2.74 bits per heavy atom. The number of hydrazone groups is 1. The number of carbonyl (C=O) groups excluding carboxylic acids is 1. The summed E-state index contributed by atoms with van der Waals surface area (Å²) in [5, 5.41) is 8.03. The summed E-state index contributed by atoms with van der Waals surface area (Å²) in [6, 6.07) is 12.1. The number of benzene rings is 2. The van der Waals surface area contributed by atoms with Crippen molar-refractivity contribution in [1.82, 2.24) is 19.9 Å². The van der Waals surface area contributed by atoms with E-state index in [9.17, 15) is 9.18 Å². The van der Waals surface area contributed by atoms with Crippen molar-refractivity contribution in [2.45, 2.75) is 39.3 Å². The van der Waals surface area contributed by atoms with Gasteiger partial charge in [-0.05, 0) is 68.8 Å². The maximum absolute atomic E-state index is 13.1. The van der Waals surface area contributed by atoms with E-state index in [1.165, 1.54) is 37.6 Å². The first-order valence-corrected chi connectivity index (χ1v) is 12.9. The number of hydrogen-bond acceptors (Lipinski definition) is 5. The van der Waals surface area contributed by atoms with Gasteiger partial charge in [0.1, 0.15) is 10.8 Å². The van der Waals surface area contributed by atoms with E-state index >= 15 is 0 Å². The smallest absolute Gasteiger partial charge is 0.273 e. The van der Waals surface area contributed by atoms with Gasteiger partial charge in [0, 0.05) is 41.1 Å². The monoisotopic (exact) mass is 489 g/mol. The molecule has 8 heteroatoms. The molecule has 3 heterocycles. The van der Waals surface area contributed by atoms with E-state index in [0.29, 0.717) is 11.1 Å². The third kappa shape index (κ3) is 5.33. The molecule has 2 aromatic carbocycles. The standard InChI is InChI=1S/C27H28FN5OS/c1-2-33-17-24(26(34)31-29-15-19-6-9-21(28)10-7-19)23-14-20(8-11-25(23)33)27-30-22(18-35-27)16-32-12-4-3-5-13-32/h6-11,14-15,17-18H,2-5,12-13,16H2,1H3,(H,31,34)/b29-15+. The van der Waals surface area contributed by atoms with Crippen LogP contribution in [0.25, 0.3) is 21.5 Å². The first kappa shape index (κ1) is 23.4. The quantitative estimate of drug-likeness (QED) is 0.269. The number of hydrogen-bond donors (Lipinski definition) is 1. The second kappa shape index (κ2) is 10.5. The number of carbonyl (C=O) groups is 1. The topological polar surface area (TPSA) is 62.5 Å². The highest BCUT2D eigenvalue weighted by Crippen LogP contribution is 2.30. The van der Waals surface area contributed by atoms with Gasteiger partial charge in [0.2, 0.25) is 0 Å². The normalized spacial score (nSPS) is 14.7. The lowest BCUT2D eigenvalue weighted by Gasteiger charge is -2.25. The zero-order valence-electron chi connectivity index (χ0n) is 19.7. The zero-order valence-corrected chi connectivity index (χ0v) is 20.5. The van der Waals surface area contributed by atoms with Crippen LogP contribution in [0.5, 0.6) is 0 Å². The van der Waals surface area contributed by atoms with Crippen LogP contribution in [0.3, 0.4) is 0 Å². The van der Waals surface area contributed by atoms with Crippen LogP contribution in [0.15, 0.2) is 59.1 Å². The van der Waals surface area contributed by atoms with Crippen LogP contribution in [-0.2, 0) is 13.1 Å². The van der Waals surface area contributed by atoms with Crippen molar-refractivity contribution in [3.8, 4) is 10.6 Å². The summed E-state index contributed by atoms with van der Waals surface area (Å²) in [5.74, 6) is -0.601. The Kier molecular flexibility index (Phi) is 7.01. The first-order chi connectivity index (χ1) is 17.1. The van der Waals surface area contributed by atoms with Crippen LogP contribution in [0.4, 0.5) is 4.39 Å². The number of aromatic nitrogens is 2. The average molecular weight is 490 g/mol. The first-order valence-electron chi connectivity index (χ1n) is 12.0. The van der Waals surface area contributed by atoms with E-state index in [1.807, 2.05) is 12.3 Å². The Balaban J connectivity index is 1.37. The molecule has 35 heavy (non-hydrogen) atoms. The number of likely N-dealkylation sites (tertiary alicyclic amines) is 1. The highest BCUT2D eigenvalue weighted by molar-refractivity contribution is 7.13. The predicted molar refractivity (Wildman–Crippen MR) is 139 cm³/mol. The van der Waals surface area contributed by atoms with Gasteiger partial charge in [-0.2, -0.15) is 5.10 Å². The fraction of sp³-hybridized carbons (Fsp3) is 0.296. The number of halogens is 1. The highest BCUT2D eigenvalue weighted by Gasteiger charge is 2.17. The molecule has 1 amide bonds. The van der Waals surface area contributed by atoms with Crippen molar-refractivity contribution in [2.24, 2.45) is 5.10 Å². The van der Waals surface area contributed by atoms with Crippen LogP contribution in [0, 0.1) is 5.82 Å². The number of amides is 1. The fourth-order valence-corrected chi connectivity index (χ4v) is 5.31. The van der Waals surface area contributed by atoms with E-state index in [-0.39, 0.29) is 11.7 Å². The molecule has 1 fully saturated rings. The summed E-state index contributed by atoms with van der Waals surface area (Å²) in [4.78, 5) is 20.4. The maximum atomic E-state index is 13.1. The Labute approximate surface area is 208 Å². The van der Waals surface area contributed by atoms with Gasteiger partial charge in [-0.15, -0.1) is 11.3 Å². The molecule has 0 atom stereocenters. The van der Waals surface area contributed by atoms with Gasteiger partial charge >= 0.3 is 0 Å². The number of fused-ring (bicyclic) bond motifs is 1. The Morgan fingerprint density at radius 1 is 1.17 bits per heavy atom. The molecule has 1 aliphatic rings. The van der Waals surface area contributed by atoms with E-state index < -0.39 is 0 Å². The summed E-state index contributed by atoms with van der Waals surface area (Å²) in [6.07, 6.45) is 7.22. The molecule has 5 rings (SSSR count). The van der Waals surface area contributed by atoms with Crippen molar-refractivity contribution in [1.29, 1.82) is 0 Å². The summed E-state index contributed by atoms with van der Waals surface area (Å²) in [7, 11) is 0. The van der Waals surface area contributed by atoms with Gasteiger partial charge in [-0.3, -0.25) is 9.69 Å². The van der Waals surface area contributed by atoms with E-state index in [2.05, 4.69) is 44.4 Å². The number of nitrogens with zero attached hydrogens (tertiary/aromatic N) is 4. The second-order valence-electron chi connectivity index (χ2n) is 8.79. The summed E-state index contributed by atoms with van der Waals surface area (Å²) in [5.41, 5.74) is 6.97. The lowest BCUT2D eigenvalue weighted by atomic mass is 10.1. The summed E-state index contributed by atoms with van der Waals surface area (Å²) in [6.45, 7) is 5.98. The summed E-state index contributed by atoms with van der Waals surface area (Å²) < 4.78 is 15.1. The van der Waals surface area contributed by atoms with Gasteiger partial charge in [0.15, 0.2) is 0 Å². The molecule has 0 radical (unpaired) electrons. The van der Waals surface area contributed by atoms with Crippen LogP contribution >= 0.6 is 11.3 Å². The molecule has 0 unspecified atom stereocenters. The van der Waals surface area contributed by atoms with Gasteiger partial charge in [0.25, 0.3) is 5.91 Å². The minimum atomic E-state index is -0.312. The average Bonchev–Trinajstić information content (AvgIpc) is 3.50. The molecule has 0 saturated carbocycles. The molecule has 4 aromatic rings. The molecule has 1 saturated heterocycles. The van der Waals surface area contributed by atoms with Crippen molar-refractivity contribution in [2.75, 3.05) is 13.1 Å². The molecule has 0 bridgehead atoms. The lowest BCUT2D eigenvalue weighted by molar-refractivity contribution is 0.0956. The minimum Gasteiger partial charge on any atom is -0.347 e. The molecule has 0 spiro atoms. The maximum Gasteiger partial charge on any atom is 0.273 e. The number of thiazole rings is 1. The lowest BCUT2D eigenvalue weighted by Crippen LogP contribution is -2.29. The minimum absolute atomic E-state index is 0.289. The largest absolute Gasteiger partial charge is 0.347 e. The SMILES string of the molecule is CCn1cc(C(=O)N/N=C/c2ccc(F)cc2)c2cc(-c3nc(CN4CCCCC4)cs3)ccc21. The third-order valence-electron chi connectivity index (χ3n) is 6.35. The van der Waals surface area contributed by atoms with Crippen LogP contribution < -0.4 is 5.43 Å². The van der Waals surface area contributed by atoms with Crippen LogP contribution in [0.1, 0.15) is 47.8 Å². The van der Waals surface area contributed by atoms with Gasteiger partial charge in [-0.1, -0.05) is 18.6 Å². The van der Waals surface area contributed by atoms with Crippen molar-refractivity contribution < 1.29 is 9.18 Å². The van der Waals surface area contributed by atoms with Crippen molar-refractivity contribution >= 4 is 34.4 Å². The molecule has 180 valence electrons. The zero-order chi connectivity index (χ0) is 24.2. The van der Waals surface area contributed by atoms with Crippen LogP contribution in [-0.4, -0.2) is 39.7 Å². The predicted octanol–water partition coefficient (Wildman–Crippen LogP) is 5.67. The number of nitrogens with one attached hydrogen (secondary N) is 1. The molecule has 1 N–H and O–H groups in total. The van der Waals surface area contributed by atoms with E-state index in [0.717, 1.165) is 53.3 Å². The van der Waals surface area contributed by atoms with E-state index in [4.69, 9.17) is 4.98 Å². The van der Waals surface area contributed by atoms with Crippen molar-refractivity contribution in [3.05, 3.63) is 76.7 Å². The molecule has 6 nitrogen and oxygen atoms in total. The molecular weight excluding hydrogens is 461 g/mol. The highest BCUT2D eigenvalue weighted by atomic mass is 32.1. The molecular formula is C27H28FN5OS. The van der Waals surface area contributed by atoms with Gasteiger partial charge in [0.05, 0.1) is 17.5 Å². The number of piperidine rings is 1. The van der Waals surface area contributed by atoms with Gasteiger partial charge < -0.3 is 4.57 Å². The fourth-order valence-electron chi connectivity index (χ4n) is 4.51. The second-order valence-corrected chi connectivity index (χ2v) is 9.65.